The Bertz CT molecular complexity index is 371. The zero-order valence-electron chi connectivity index (χ0n) is 10.1. The minimum atomic E-state index is -0.445. The molecule has 1 unspecified atom stereocenters. The van der Waals surface area contributed by atoms with Crippen LogP contribution < -0.4 is 0 Å². The van der Waals surface area contributed by atoms with E-state index in [1.165, 1.54) is 16.7 Å². The lowest BCUT2D eigenvalue weighted by atomic mass is 9.89. The van der Waals surface area contributed by atoms with Gasteiger partial charge in [0.15, 0.2) is 0 Å². The van der Waals surface area contributed by atoms with E-state index in [2.05, 4.69) is 26.0 Å². The maximum Gasteiger partial charge on any atom is 0.103 e. The molecule has 2 nitrogen and oxygen atoms in total. The maximum absolute atomic E-state index is 10.1. The Hall–Kier alpha value is -0.860. The van der Waals surface area contributed by atoms with Gasteiger partial charge in [0.2, 0.25) is 0 Å². The van der Waals surface area contributed by atoms with Gasteiger partial charge in [-0.25, -0.2) is 0 Å². The van der Waals surface area contributed by atoms with Gasteiger partial charge >= 0.3 is 0 Å². The van der Waals surface area contributed by atoms with Gasteiger partial charge in [-0.2, -0.15) is 0 Å². The summed E-state index contributed by atoms with van der Waals surface area (Å²) in [4.78, 5) is 0. The topological polar surface area (TPSA) is 29.5 Å². The Labute approximate surface area is 97.3 Å². The van der Waals surface area contributed by atoms with Gasteiger partial charge in [0.25, 0.3) is 0 Å². The lowest BCUT2D eigenvalue weighted by Crippen LogP contribution is -2.09. The average Bonchev–Trinajstić information content (AvgIpc) is 2.51. The molecule has 0 saturated heterocycles. The summed E-state index contributed by atoms with van der Waals surface area (Å²) >= 11 is 0. The van der Waals surface area contributed by atoms with E-state index in [0.29, 0.717) is 6.61 Å². The van der Waals surface area contributed by atoms with E-state index in [1.807, 2.05) is 0 Å². The second kappa shape index (κ2) is 4.98. The van der Waals surface area contributed by atoms with Gasteiger partial charge in [-0.1, -0.05) is 26.0 Å². The highest BCUT2D eigenvalue weighted by atomic mass is 16.5. The van der Waals surface area contributed by atoms with E-state index in [1.54, 1.807) is 0 Å². The number of ether oxygens (including phenoxy) is 1. The van der Waals surface area contributed by atoms with Crippen LogP contribution in [0.25, 0.3) is 0 Å². The Morgan fingerprint density at radius 1 is 1.25 bits per heavy atom. The molecule has 0 saturated carbocycles. The first-order chi connectivity index (χ1) is 7.77. The third kappa shape index (κ3) is 2.00. The van der Waals surface area contributed by atoms with Crippen LogP contribution in [0.5, 0.6) is 0 Å². The van der Waals surface area contributed by atoms with Crippen LogP contribution in [0.15, 0.2) is 12.1 Å². The summed E-state index contributed by atoms with van der Waals surface area (Å²) in [6.45, 7) is 5.47. The van der Waals surface area contributed by atoms with Crippen molar-refractivity contribution in [1.82, 2.24) is 0 Å². The maximum atomic E-state index is 10.1. The molecule has 2 heteroatoms. The fraction of sp³-hybridized carbons (Fsp3) is 0.571. The largest absolute Gasteiger partial charge is 0.386 e. The highest BCUT2D eigenvalue weighted by molar-refractivity contribution is 5.43. The zero-order valence-corrected chi connectivity index (χ0v) is 10.1. The lowest BCUT2D eigenvalue weighted by molar-refractivity contribution is 0.0448. The number of hydrogen-bond donors (Lipinski definition) is 1. The van der Waals surface area contributed by atoms with Crippen molar-refractivity contribution in [1.29, 1.82) is 0 Å². The van der Waals surface area contributed by atoms with Crippen molar-refractivity contribution in [2.24, 2.45) is 0 Å². The van der Waals surface area contributed by atoms with Gasteiger partial charge in [0.1, 0.15) is 6.10 Å². The van der Waals surface area contributed by atoms with Gasteiger partial charge in [0, 0.05) is 0 Å². The van der Waals surface area contributed by atoms with Crippen molar-refractivity contribution in [2.45, 2.75) is 39.2 Å². The number of rotatable bonds is 2. The van der Waals surface area contributed by atoms with E-state index < -0.39 is 6.10 Å². The molecule has 1 heterocycles. The molecule has 2 rings (SSSR count). The average molecular weight is 220 g/mol. The fourth-order valence-corrected chi connectivity index (χ4v) is 2.56. The van der Waals surface area contributed by atoms with Crippen LogP contribution in [0.3, 0.4) is 0 Å². The van der Waals surface area contributed by atoms with Gasteiger partial charge in [0.05, 0.1) is 13.2 Å². The SMILES string of the molecule is CCc1ccc(CC)c2c1CCOCC2O. The summed E-state index contributed by atoms with van der Waals surface area (Å²) in [5.41, 5.74) is 5.09. The smallest absolute Gasteiger partial charge is 0.103 e. The lowest BCUT2D eigenvalue weighted by Gasteiger charge is -2.18. The Balaban J connectivity index is 2.56. The molecule has 0 aromatic heterocycles. The molecule has 1 aliphatic heterocycles. The zero-order chi connectivity index (χ0) is 11.5. The number of hydrogen-bond acceptors (Lipinski definition) is 2. The van der Waals surface area contributed by atoms with Crippen molar-refractivity contribution in [3.05, 3.63) is 34.4 Å². The minimum Gasteiger partial charge on any atom is -0.386 e. The second-order valence-corrected chi connectivity index (χ2v) is 4.32. The van der Waals surface area contributed by atoms with Crippen LogP contribution in [-0.2, 0) is 24.0 Å². The highest BCUT2D eigenvalue weighted by Crippen LogP contribution is 2.29. The first-order valence-corrected chi connectivity index (χ1v) is 6.17. The molecule has 0 spiro atoms. The first-order valence-electron chi connectivity index (χ1n) is 6.17. The van der Waals surface area contributed by atoms with Crippen LogP contribution >= 0.6 is 0 Å². The summed E-state index contributed by atoms with van der Waals surface area (Å²) in [7, 11) is 0. The molecule has 1 atom stereocenters. The van der Waals surface area contributed by atoms with E-state index >= 15 is 0 Å². The fourth-order valence-electron chi connectivity index (χ4n) is 2.56. The van der Waals surface area contributed by atoms with Gasteiger partial charge in [-0.15, -0.1) is 0 Å². The molecule has 0 bridgehead atoms. The molecule has 16 heavy (non-hydrogen) atoms. The van der Waals surface area contributed by atoms with E-state index in [9.17, 15) is 5.11 Å². The van der Waals surface area contributed by atoms with Gasteiger partial charge < -0.3 is 9.84 Å². The van der Waals surface area contributed by atoms with Crippen LogP contribution in [0, 0.1) is 0 Å². The van der Waals surface area contributed by atoms with E-state index in [0.717, 1.165) is 31.4 Å². The van der Waals surface area contributed by atoms with Crippen LogP contribution in [0.1, 0.15) is 42.2 Å². The standard InChI is InChI=1S/C14H20O2/c1-3-10-5-6-11(4-2)14-12(10)7-8-16-9-13(14)15/h5-6,13,15H,3-4,7-9H2,1-2H3. The molecular weight excluding hydrogens is 200 g/mol. The van der Waals surface area contributed by atoms with Crippen molar-refractivity contribution >= 4 is 0 Å². The molecule has 0 amide bonds. The number of aliphatic hydroxyl groups excluding tert-OH is 1. The van der Waals surface area contributed by atoms with Crippen LogP contribution in [0.4, 0.5) is 0 Å². The monoisotopic (exact) mass is 220 g/mol. The summed E-state index contributed by atoms with van der Waals surface area (Å²) in [5.74, 6) is 0. The van der Waals surface area contributed by atoms with E-state index in [-0.39, 0.29) is 0 Å². The Morgan fingerprint density at radius 3 is 2.62 bits per heavy atom. The van der Waals surface area contributed by atoms with Crippen molar-refractivity contribution in [2.75, 3.05) is 13.2 Å². The van der Waals surface area contributed by atoms with Crippen molar-refractivity contribution in [3.63, 3.8) is 0 Å². The van der Waals surface area contributed by atoms with Crippen molar-refractivity contribution < 1.29 is 9.84 Å². The summed E-state index contributed by atoms with van der Waals surface area (Å²) in [6, 6.07) is 4.36. The van der Waals surface area contributed by atoms with Crippen LogP contribution in [-0.4, -0.2) is 18.3 Å². The number of benzene rings is 1. The predicted molar refractivity (Wildman–Crippen MR) is 64.7 cm³/mol. The molecule has 1 aromatic rings. The molecule has 1 aliphatic rings. The third-order valence-corrected chi connectivity index (χ3v) is 3.41. The molecule has 0 radical (unpaired) electrons. The number of fused-ring (bicyclic) bond motifs is 1. The second-order valence-electron chi connectivity index (χ2n) is 4.32. The third-order valence-electron chi connectivity index (χ3n) is 3.41. The Kier molecular flexibility index (Phi) is 3.62. The minimum absolute atomic E-state index is 0.438. The molecule has 88 valence electrons. The highest BCUT2D eigenvalue weighted by Gasteiger charge is 2.21. The number of aliphatic hydroxyl groups is 1. The molecular formula is C14H20O2. The van der Waals surface area contributed by atoms with Gasteiger partial charge in [-0.05, 0) is 41.5 Å². The Morgan fingerprint density at radius 2 is 1.94 bits per heavy atom. The molecule has 0 aliphatic carbocycles. The quantitative estimate of drug-likeness (QED) is 0.829. The predicted octanol–water partition coefficient (Wildman–Crippen LogP) is 2.42. The molecule has 0 fully saturated rings. The van der Waals surface area contributed by atoms with Crippen molar-refractivity contribution in [3.8, 4) is 0 Å². The summed E-state index contributed by atoms with van der Waals surface area (Å²) < 4.78 is 5.44. The first kappa shape index (κ1) is 11.6. The normalized spacial score (nSPS) is 20.3. The number of aryl methyl sites for hydroxylation is 2. The van der Waals surface area contributed by atoms with Gasteiger partial charge in [-0.3, -0.25) is 0 Å². The molecule has 1 N–H and O–H groups in total. The summed E-state index contributed by atoms with van der Waals surface area (Å²) in [5, 5.41) is 10.1. The van der Waals surface area contributed by atoms with Crippen LogP contribution in [0.2, 0.25) is 0 Å². The van der Waals surface area contributed by atoms with E-state index in [4.69, 9.17) is 4.74 Å². The summed E-state index contributed by atoms with van der Waals surface area (Å²) in [6.07, 6.45) is 2.49. The molecule has 1 aromatic carbocycles.